The van der Waals surface area contributed by atoms with Gasteiger partial charge in [0.25, 0.3) is 0 Å². The van der Waals surface area contributed by atoms with Crippen molar-refractivity contribution in [1.29, 1.82) is 0 Å². The standard InChI is InChI=1S/C33H44O11/c1-6-9-27(35)42-23-16-32-17-40-30(38)29(37)19(2)12-13-39-22(21(4)34)10-7-8-11-28(36)44-24-15-26(43-25(32)14-20(23)3)33(18-41-33)31(24,32)5/h6-11,14,19,21-26,29,34,37H,12-13,15-18H2,1-5H3/b9-6+,10-7+,11-8-/t19-,21+,22-,23+,24-,25-,26-,29+,31-,32-,33+/m1/s1. The number of allylic oxidation sites excluding steroid dienone is 3. The van der Waals surface area contributed by atoms with Crippen molar-refractivity contribution < 1.29 is 53.0 Å². The van der Waals surface area contributed by atoms with Crippen molar-refractivity contribution >= 4 is 17.9 Å². The smallest absolute Gasteiger partial charge is 0.335 e. The third kappa shape index (κ3) is 5.58. The summed E-state index contributed by atoms with van der Waals surface area (Å²) in [5, 5.41) is 21.0. The number of aliphatic hydroxyl groups is 2. The van der Waals surface area contributed by atoms with E-state index in [1.807, 2.05) is 19.9 Å². The molecule has 3 heterocycles. The van der Waals surface area contributed by atoms with Crippen molar-refractivity contribution in [1.82, 2.24) is 0 Å². The molecule has 0 aromatic heterocycles. The molecule has 0 aromatic rings. The number of aliphatic hydroxyl groups excluding tert-OH is 2. The lowest BCUT2D eigenvalue weighted by molar-refractivity contribution is -0.242. The number of cyclic esters (lactones) is 1. The molecule has 0 amide bonds. The Morgan fingerprint density at radius 1 is 1.20 bits per heavy atom. The molecule has 11 nitrogen and oxygen atoms in total. The highest BCUT2D eigenvalue weighted by Gasteiger charge is 2.83. The Bertz CT molecular complexity index is 1250. The lowest BCUT2D eigenvalue weighted by Crippen LogP contribution is -2.68. The number of carbonyl (C=O) groups excluding carboxylic acids is 3. The predicted molar refractivity (Wildman–Crippen MR) is 156 cm³/mol. The van der Waals surface area contributed by atoms with Gasteiger partial charge in [-0.3, -0.25) is 0 Å². The SMILES string of the molecule is C/C=C/C(=O)O[C@H]1C[C@@]23COC(=O)[C@@H](O)[C@H](C)CCO[C@@H]([C@H](C)O)/C=C/C=C\C(=O)O[C@@H]4C[C@@H](O[C@@H]2C=C1C)[C@@]1(CO1)[C@]43C. The van der Waals surface area contributed by atoms with Gasteiger partial charge in [0, 0.05) is 31.6 Å². The molecule has 44 heavy (non-hydrogen) atoms. The van der Waals surface area contributed by atoms with E-state index in [9.17, 15) is 24.6 Å². The first kappa shape index (κ1) is 32.6. The number of esters is 3. The zero-order valence-electron chi connectivity index (χ0n) is 26.0. The second-order valence-corrected chi connectivity index (χ2v) is 12.9. The first-order valence-corrected chi connectivity index (χ1v) is 15.4. The van der Waals surface area contributed by atoms with Crippen LogP contribution < -0.4 is 0 Å². The Kier molecular flexibility index (Phi) is 9.26. The number of carbonyl (C=O) groups is 3. The fourth-order valence-corrected chi connectivity index (χ4v) is 7.48. The monoisotopic (exact) mass is 616 g/mol. The van der Waals surface area contributed by atoms with E-state index in [2.05, 4.69) is 0 Å². The summed E-state index contributed by atoms with van der Waals surface area (Å²) in [6, 6.07) is 0. The van der Waals surface area contributed by atoms with Gasteiger partial charge in [0.1, 0.15) is 30.5 Å². The third-order valence-electron chi connectivity index (χ3n) is 10.4. The van der Waals surface area contributed by atoms with Crippen molar-refractivity contribution in [2.24, 2.45) is 16.7 Å². The minimum atomic E-state index is -1.44. The van der Waals surface area contributed by atoms with E-state index in [4.69, 9.17) is 28.4 Å². The molecule has 2 N–H and O–H groups in total. The zero-order valence-corrected chi connectivity index (χ0v) is 26.0. The van der Waals surface area contributed by atoms with Crippen LogP contribution in [0.3, 0.4) is 0 Å². The summed E-state index contributed by atoms with van der Waals surface area (Å²) in [4.78, 5) is 39.1. The van der Waals surface area contributed by atoms with E-state index in [1.165, 1.54) is 18.2 Å². The van der Waals surface area contributed by atoms with Gasteiger partial charge >= 0.3 is 17.9 Å². The lowest BCUT2D eigenvalue weighted by atomic mass is 9.51. The van der Waals surface area contributed by atoms with Gasteiger partial charge in [0.15, 0.2) is 6.10 Å². The van der Waals surface area contributed by atoms with E-state index in [0.29, 0.717) is 19.4 Å². The summed E-state index contributed by atoms with van der Waals surface area (Å²) in [6.07, 6.45) is 6.62. The summed E-state index contributed by atoms with van der Waals surface area (Å²) < 4.78 is 36.5. The molecule has 5 aliphatic rings. The highest BCUT2D eigenvalue weighted by Crippen LogP contribution is 2.72. The molecule has 2 saturated heterocycles. The zero-order chi connectivity index (χ0) is 31.9. The maximum absolute atomic E-state index is 13.3. The van der Waals surface area contributed by atoms with Gasteiger partial charge in [-0.15, -0.1) is 0 Å². The predicted octanol–water partition coefficient (Wildman–Crippen LogP) is 2.49. The number of ether oxygens (including phenoxy) is 6. The van der Waals surface area contributed by atoms with E-state index in [1.54, 1.807) is 39.0 Å². The minimum Gasteiger partial charge on any atom is -0.463 e. The van der Waals surface area contributed by atoms with Crippen molar-refractivity contribution in [3.05, 3.63) is 48.1 Å². The maximum atomic E-state index is 13.3. The second kappa shape index (κ2) is 12.5. The van der Waals surface area contributed by atoms with Gasteiger partial charge in [-0.1, -0.05) is 44.2 Å². The maximum Gasteiger partial charge on any atom is 0.335 e. The largest absolute Gasteiger partial charge is 0.463 e. The van der Waals surface area contributed by atoms with Crippen molar-refractivity contribution in [2.45, 2.75) is 102 Å². The molecule has 0 aromatic carbocycles. The Morgan fingerprint density at radius 3 is 2.64 bits per heavy atom. The highest BCUT2D eigenvalue weighted by atomic mass is 16.6. The molecule has 242 valence electrons. The molecule has 3 fully saturated rings. The molecule has 0 unspecified atom stereocenters. The Hall–Kier alpha value is -2.83. The normalized spacial score (nSPS) is 44.8. The average Bonchev–Trinajstić information content (AvgIpc) is 3.75. The van der Waals surface area contributed by atoms with E-state index in [-0.39, 0.29) is 25.7 Å². The van der Waals surface area contributed by atoms with Gasteiger partial charge in [-0.2, -0.15) is 0 Å². The van der Waals surface area contributed by atoms with Crippen LogP contribution in [0.4, 0.5) is 0 Å². The summed E-state index contributed by atoms with van der Waals surface area (Å²) >= 11 is 0. The van der Waals surface area contributed by atoms with E-state index < -0.39 is 76.9 Å². The molecule has 3 aliphatic heterocycles. The molecule has 0 radical (unpaired) electrons. The summed E-state index contributed by atoms with van der Waals surface area (Å²) in [5.41, 5.74) is -1.95. The highest BCUT2D eigenvalue weighted by molar-refractivity contribution is 5.83. The number of epoxide rings is 1. The molecule has 1 saturated carbocycles. The van der Waals surface area contributed by atoms with Gasteiger partial charge < -0.3 is 38.6 Å². The second-order valence-electron chi connectivity index (χ2n) is 12.9. The summed E-state index contributed by atoms with van der Waals surface area (Å²) in [7, 11) is 0. The van der Waals surface area contributed by atoms with Crippen LogP contribution in [0.1, 0.15) is 53.9 Å². The minimum absolute atomic E-state index is 0.168. The van der Waals surface area contributed by atoms with Crippen LogP contribution in [-0.2, 0) is 42.8 Å². The topological polar surface area (TPSA) is 150 Å². The van der Waals surface area contributed by atoms with Gasteiger partial charge in [-0.25, -0.2) is 14.4 Å². The van der Waals surface area contributed by atoms with Crippen LogP contribution in [0.2, 0.25) is 0 Å². The van der Waals surface area contributed by atoms with Crippen LogP contribution in [-0.4, -0.2) is 96.3 Å². The van der Waals surface area contributed by atoms with E-state index in [0.717, 1.165) is 5.57 Å². The number of rotatable bonds is 3. The molecule has 2 spiro atoms. The molecule has 11 atom stereocenters. The summed E-state index contributed by atoms with van der Waals surface area (Å²) in [5.74, 6) is -2.40. The van der Waals surface area contributed by atoms with Crippen LogP contribution in [0.5, 0.6) is 0 Å². The van der Waals surface area contributed by atoms with Gasteiger partial charge in [0.2, 0.25) is 0 Å². The Labute approximate surface area is 257 Å². The fourth-order valence-electron chi connectivity index (χ4n) is 7.48. The quantitative estimate of drug-likeness (QED) is 0.158. The van der Waals surface area contributed by atoms with Crippen molar-refractivity contribution in [3.63, 3.8) is 0 Å². The number of hydrogen-bond donors (Lipinski definition) is 2. The molecule has 5 rings (SSSR count). The molecular weight excluding hydrogens is 572 g/mol. The molecule has 11 heteroatoms. The van der Waals surface area contributed by atoms with Gasteiger partial charge in [0.05, 0.1) is 35.7 Å². The molecule has 2 aliphatic carbocycles. The Balaban J connectivity index is 1.55. The molecule has 2 bridgehead atoms. The van der Waals surface area contributed by atoms with Crippen LogP contribution in [0.25, 0.3) is 0 Å². The first-order chi connectivity index (χ1) is 20.9. The van der Waals surface area contributed by atoms with Crippen molar-refractivity contribution in [3.8, 4) is 0 Å². The third-order valence-corrected chi connectivity index (χ3v) is 10.4. The fraction of sp³-hybridized carbons (Fsp3) is 0.667. The molecular formula is C33H44O11. The number of hydrogen-bond acceptors (Lipinski definition) is 11. The Morgan fingerprint density at radius 2 is 1.95 bits per heavy atom. The van der Waals surface area contributed by atoms with Gasteiger partial charge in [-0.05, 0) is 38.7 Å². The first-order valence-electron chi connectivity index (χ1n) is 15.4. The lowest BCUT2D eigenvalue weighted by Gasteiger charge is -2.59. The van der Waals surface area contributed by atoms with Crippen molar-refractivity contribution in [2.75, 3.05) is 19.8 Å². The van der Waals surface area contributed by atoms with Crippen LogP contribution in [0, 0.1) is 16.7 Å². The van der Waals surface area contributed by atoms with Crippen LogP contribution >= 0.6 is 0 Å². The van der Waals surface area contributed by atoms with Crippen LogP contribution in [0.15, 0.2) is 48.1 Å². The average molecular weight is 617 g/mol. The van der Waals surface area contributed by atoms with E-state index >= 15 is 0 Å². The summed E-state index contributed by atoms with van der Waals surface area (Å²) in [6.45, 7) is 9.23.